The summed E-state index contributed by atoms with van der Waals surface area (Å²) in [6.07, 6.45) is 2.87. The van der Waals surface area contributed by atoms with E-state index in [1.807, 2.05) is 18.7 Å². The maximum atomic E-state index is 12.1. The Hall–Kier alpha value is -1.06. The van der Waals surface area contributed by atoms with E-state index in [9.17, 15) is 9.59 Å². The first-order valence-corrected chi connectivity index (χ1v) is 7.09. The molecule has 2 amide bonds. The van der Waals surface area contributed by atoms with Gasteiger partial charge in [-0.1, -0.05) is 20.8 Å². The van der Waals surface area contributed by atoms with Gasteiger partial charge in [-0.05, 0) is 25.7 Å². The number of amides is 2. The maximum Gasteiger partial charge on any atom is 0.222 e. The standard InChI is InChI=1S/C14H28N2O2/c1-5-8-16(9-6-2)14(18)11-12(4)10-13(17)15-7-3/h12H,5-11H2,1-4H3,(H,15,17). The Morgan fingerprint density at radius 2 is 1.61 bits per heavy atom. The van der Waals surface area contributed by atoms with Crippen molar-refractivity contribution in [3.63, 3.8) is 0 Å². The van der Waals surface area contributed by atoms with Gasteiger partial charge in [-0.25, -0.2) is 0 Å². The highest BCUT2D eigenvalue weighted by Crippen LogP contribution is 2.10. The average Bonchev–Trinajstić information content (AvgIpc) is 2.28. The van der Waals surface area contributed by atoms with Gasteiger partial charge in [0, 0.05) is 32.5 Å². The van der Waals surface area contributed by atoms with Crippen molar-refractivity contribution >= 4 is 11.8 Å². The third-order valence-electron chi connectivity index (χ3n) is 2.77. The third-order valence-corrected chi connectivity index (χ3v) is 2.77. The topological polar surface area (TPSA) is 49.4 Å². The molecule has 4 nitrogen and oxygen atoms in total. The van der Waals surface area contributed by atoms with Crippen LogP contribution in [0.25, 0.3) is 0 Å². The number of rotatable bonds is 9. The van der Waals surface area contributed by atoms with Crippen LogP contribution in [0, 0.1) is 5.92 Å². The van der Waals surface area contributed by atoms with Gasteiger partial charge in [0.05, 0.1) is 0 Å². The summed E-state index contributed by atoms with van der Waals surface area (Å²) in [4.78, 5) is 25.4. The predicted molar refractivity (Wildman–Crippen MR) is 74.2 cm³/mol. The molecule has 0 rings (SSSR count). The second-order valence-electron chi connectivity index (χ2n) is 4.85. The minimum atomic E-state index is 0.0373. The largest absolute Gasteiger partial charge is 0.356 e. The van der Waals surface area contributed by atoms with E-state index in [1.54, 1.807) is 0 Å². The Morgan fingerprint density at radius 1 is 1.06 bits per heavy atom. The lowest BCUT2D eigenvalue weighted by Gasteiger charge is -2.23. The fourth-order valence-corrected chi connectivity index (χ4v) is 1.99. The van der Waals surface area contributed by atoms with Crippen molar-refractivity contribution in [2.45, 2.75) is 53.4 Å². The Morgan fingerprint density at radius 3 is 2.06 bits per heavy atom. The van der Waals surface area contributed by atoms with Gasteiger partial charge in [0.15, 0.2) is 0 Å². The van der Waals surface area contributed by atoms with E-state index in [2.05, 4.69) is 19.2 Å². The fourth-order valence-electron chi connectivity index (χ4n) is 1.99. The van der Waals surface area contributed by atoms with Gasteiger partial charge in [-0.3, -0.25) is 9.59 Å². The number of carbonyl (C=O) groups excluding carboxylic acids is 2. The maximum absolute atomic E-state index is 12.1. The molecule has 0 bridgehead atoms. The summed E-state index contributed by atoms with van der Waals surface area (Å²) in [5, 5.41) is 2.77. The van der Waals surface area contributed by atoms with Gasteiger partial charge in [-0.15, -0.1) is 0 Å². The number of hydrogen-bond acceptors (Lipinski definition) is 2. The van der Waals surface area contributed by atoms with E-state index in [0.717, 1.165) is 25.9 Å². The lowest BCUT2D eigenvalue weighted by Crippen LogP contribution is -2.34. The smallest absolute Gasteiger partial charge is 0.222 e. The summed E-state index contributed by atoms with van der Waals surface area (Å²) in [6, 6.07) is 0. The zero-order valence-electron chi connectivity index (χ0n) is 12.3. The van der Waals surface area contributed by atoms with Crippen LogP contribution in [-0.2, 0) is 9.59 Å². The van der Waals surface area contributed by atoms with Crippen LogP contribution in [0.3, 0.4) is 0 Å². The highest BCUT2D eigenvalue weighted by molar-refractivity contribution is 5.79. The van der Waals surface area contributed by atoms with Crippen molar-refractivity contribution < 1.29 is 9.59 Å². The molecule has 0 aliphatic heterocycles. The van der Waals surface area contributed by atoms with Crippen molar-refractivity contribution in [3.05, 3.63) is 0 Å². The molecular weight excluding hydrogens is 228 g/mol. The predicted octanol–water partition coefficient (Wildman–Crippen LogP) is 2.19. The first-order chi connectivity index (χ1) is 8.54. The minimum Gasteiger partial charge on any atom is -0.356 e. The van der Waals surface area contributed by atoms with E-state index in [1.165, 1.54) is 0 Å². The molecule has 0 aliphatic carbocycles. The molecule has 4 heteroatoms. The number of nitrogens with one attached hydrogen (secondary N) is 1. The zero-order chi connectivity index (χ0) is 14.0. The molecule has 1 unspecified atom stereocenters. The van der Waals surface area contributed by atoms with Gasteiger partial charge in [0.2, 0.25) is 11.8 Å². The van der Waals surface area contributed by atoms with Crippen LogP contribution in [0.15, 0.2) is 0 Å². The number of hydrogen-bond donors (Lipinski definition) is 1. The van der Waals surface area contributed by atoms with Crippen molar-refractivity contribution in [2.75, 3.05) is 19.6 Å². The van der Waals surface area contributed by atoms with Crippen LogP contribution in [0.5, 0.6) is 0 Å². The molecule has 0 heterocycles. The monoisotopic (exact) mass is 256 g/mol. The summed E-state index contributed by atoms with van der Waals surface area (Å²) < 4.78 is 0. The second-order valence-corrected chi connectivity index (χ2v) is 4.85. The molecule has 0 aliphatic rings. The van der Waals surface area contributed by atoms with E-state index < -0.39 is 0 Å². The van der Waals surface area contributed by atoms with Crippen LogP contribution < -0.4 is 5.32 Å². The van der Waals surface area contributed by atoms with Crippen molar-refractivity contribution in [1.82, 2.24) is 10.2 Å². The summed E-state index contributed by atoms with van der Waals surface area (Å²) in [5.41, 5.74) is 0. The van der Waals surface area contributed by atoms with E-state index >= 15 is 0 Å². The molecule has 0 fully saturated rings. The average molecular weight is 256 g/mol. The summed E-state index contributed by atoms with van der Waals surface area (Å²) in [7, 11) is 0. The van der Waals surface area contributed by atoms with E-state index in [4.69, 9.17) is 0 Å². The summed E-state index contributed by atoms with van der Waals surface area (Å²) in [6.45, 7) is 10.3. The first kappa shape index (κ1) is 16.9. The lowest BCUT2D eigenvalue weighted by atomic mass is 10.0. The molecular formula is C14H28N2O2. The molecule has 0 aromatic rings. The molecule has 1 atom stereocenters. The Labute approximate surface area is 111 Å². The lowest BCUT2D eigenvalue weighted by molar-refractivity contribution is -0.132. The SMILES string of the molecule is CCCN(CCC)C(=O)CC(C)CC(=O)NCC. The zero-order valence-corrected chi connectivity index (χ0v) is 12.3. The second kappa shape index (κ2) is 9.92. The Kier molecular flexibility index (Phi) is 9.33. The highest BCUT2D eigenvalue weighted by Gasteiger charge is 2.17. The van der Waals surface area contributed by atoms with Crippen LogP contribution in [0.1, 0.15) is 53.4 Å². The molecule has 0 saturated heterocycles. The van der Waals surface area contributed by atoms with Gasteiger partial charge in [0.1, 0.15) is 0 Å². The normalized spacial score (nSPS) is 12.0. The summed E-state index contributed by atoms with van der Waals surface area (Å²) in [5.74, 6) is 0.325. The molecule has 18 heavy (non-hydrogen) atoms. The van der Waals surface area contributed by atoms with Crippen LogP contribution in [0.4, 0.5) is 0 Å². The highest BCUT2D eigenvalue weighted by atomic mass is 16.2. The van der Waals surface area contributed by atoms with Gasteiger partial charge in [0.25, 0.3) is 0 Å². The van der Waals surface area contributed by atoms with Crippen molar-refractivity contribution in [1.29, 1.82) is 0 Å². The number of nitrogens with zero attached hydrogens (tertiary/aromatic N) is 1. The quantitative estimate of drug-likeness (QED) is 0.687. The van der Waals surface area contributed by atoms with Crippen molar-refractivity contribution in [2.24, 2.45) is 5.92 Å². The van der Waals surface area contributed by atoms with Gasteiger partial charge < -0.3 is 10.2 Å². The number of carbonyl (C=O) groups is 2. The van der Waals surface area contributed by atoms with Crippen molar-refractivity contribution in [3.8, 4) is 0 Å². The van der Waals surface area contributed by atoms with E-state index in [-0.39, 0.29) is 17.7 Å². The van der Waals surface area contributed by atoms with Crippen LogP contribution in [-0.4, -0.2) is 36.3 Å². The van der Waals surface area contributed by atoms with Crippen LogP contribution in [0.2, 0.25) is 0 Å². The molecule has 0 radical (unpaired) electrons. The molecule has 1 N–H and O–H groups in total. The first-order valence-electron chi connectivity index (χ1n) is 7.09. The van der Waals surface area contributed by atoms with Crippen LogP contribution >= 0.6 is 0 Å². The minimum absolute atomic E-state index is 0.0373. The fraction of sp³-hybridized carbons (Fsp3) is 0.857. The molecule has 0 saturated carbocycles. The molecule has 106 valence electrons. The molecule has 0 aromatic carbocycles. The van der Waals surface area contributed by atoms with E-state index in [0.29, 0.717) is 19.4 Å². The molecule has 0 spiro atoms. The summed E-state index contributed by atoms with van der Waals surface area (Å²) >= 11 is 0. The molecule has 0 aromatic heterocycles. The third kappa shape index (κ3) is 7.30. The Balaban J connectivity index is 4.13. The Bertz CT molecular complexity index is 248. The van der Waals surface area contributed by atoms with Gasteiger partial charge >= 0.3 is 0 Å². The van der Waals surface area contributed by atoms with Gasteiger partial charge in [-0.2, -0.15) is 0 Å².